The van der Waals surface area contributed by atoms with Crippen molar-refractivity contribution in [2.24, 2.45) is 5.10 Å². The van der Waals surface area contributed by atoms with Gasteiger partial charge in [0.1, 0.15) is 10.7 Å². The summed E-state index contributed by atoms with van der Waals surface area (Å²) >= 11 is 3.24. The molecule has 3 atom stereocenters. The maximum atomic E-state index is 4.88. The van der Waals surface area contributed by atoms with E-state index in [0.29, 0.717) is 18.1 Å². The third-order valence-electron chi connectivity index (χ3n) is 5.91. The lowest BCUT2D eigenvalue weighted by Crippen LogP contribution is -2.47. The molecule has 30 heavy (non-hydrogen) atoms. The number of hydrogen-bond donors (Lipinski definition) is 2. The van der Waals surface area contributed by atoms with Gasteiger partial charge < -0.3 is 10.2 Å². The predicted molar refractivity (Wildman–Crippen MR) is 124 cm³/mol. The van der Waals surface area contributed by atoms with Crippen molar-refractivity contribution in [2.75, 3.05) is 11.9 Å². The summed E-state index contributed by atoms with van der Waals surface area (Å²) in [6.07, 6.45) is 10.3. The van der Waals surface area contributed by atoms with E-state index < -0.39 is 0 Å². The molecule has 2 bridgehead atoms. The molecule has 2 saturated heterocycles. The van der Waals surface area contributed by atoms with Gasteiger partial charge >= 0.3 is 0 Å². The molecule has 0 saturated carbocycles. The largest absolute Gasteiger partial charge is 0.348 e. The fraction of sp³-hybridized carbons (Fsp3) is 0.450. The van der Waals surface area contributed by atoms with Crippen LogP contribution in [-0.2, 0) is 0 Å². The molecule has 2 fully saturated rings. The average Bonchev–Trinajstić information content (AvgIpc) is 3.44. The molecule has 2 aliphatic heterocycles. The van der Waals surface area contributed by atoms with Gasteiger partial charge in [0.25, 0.3) is 0 Å². The summed E-state index contributed by atoms with van der Waals surface area (Å²) in [6, 6.07) is 1.90. The summed E-state index contributed by atoms with van der Waals surface area (Å²) < 4.78 is 0. The van der Waals surface area contributed by atoms with Crippen LogP contribution in [0.4, 0.5) is 5.13 Å². The number of nitrogens with zero attached hydrogens (tertiary/aromatic N) is 6. The topological polar surface area (TPSA) is 91.2 Å². The van der Waals surface area contributed by atoms with Crippen LogP contribution in [0.3, 0.4) is 0 Å². The molecular formula is C20H24N8S2. The molecule has 5 heterocycles. The SMILES string of the molecule is C=NN/C=C(\C)c1cnc(-c2nc3sc(N(C)[C@@H]4C[C@H]5CC[C@@H](C4)N5)nc3s2)cn1. The standard InChI is InChI=1S/C20H24N8S2/c1-11(8-24-21-2)15-9-23-16(10-22-15)17-26-18-19(29-17)27-20(30-18)28(3)14-6-12-4-5-13(7-14)25-12/h8-10,12-14,24-25H,2,4-7H2,1,3H3/b11-8+/t12-,13+,14-. The predicted octanol–water partition coefficient (Wildman–Crippen LogP) is 3.50. The summed E-state index contributed by atoms with van der Waals surface area (Å²) in [5.41, 5.74) is 5.19. The lowest BCUT2D eigenvalue weighted by atomic mass is 9.99. The number of hydrazone groups is 1. The lowest BCUT2D eigenvalue weighted by Gasteiger charge is -2.35. The Morgan fingerprint density at radius 2 is 1.97 bits per heavy atom. The molecule has 10 heteroatoms. The molecule has 0 aliphatic carbocycles. The van der Waals surface area contributed by atoms with Crippen LogP contribution < -0.4 is 15.6 Å². The number of hydrogen-bond acceptors (Lipinski definition) is 10. The monoisotopic (exact) mass is 440 g/mol. The summed E-state index contributed by atoms with van der Waals surface area (Å²) in [5.74, 6) is 0. The Balaban J connectivity index is 1.33. The maximum absolute atomic E-state index is 4.88. The van der Waals surface area contributed by atoms with E-state index >= 15 is 0 Å². The molecule has 2 N–H and O–H groups in total. The zero-order valence-electron chi connectivity index (χ0n) is 17.0. The van der Waals surface area contributed by atoms with E-state index in [2.05, 4.69) is 44.5 Å². The smallest absolute Gasteiger partial charge is 0.188 e. The van der Waals surface area contributed by atoms with Gasteiger partial charge in [-0.3, -0.25) is 10.4 Å². The highest BCUT2D eigenvalue weighted by Gasteiger charge is 2.36. The van der Waals surface area contributed by atoms with Crippen molar-refractivity contribution < 1.29 is 0 Å². The summed E-state index contributed by atoms with van der Waals surface area (Å²) in [6.45, 7) is 5.33. The van der Waals surface area contributed by atoms with Crippen LogP contribution in [0.25, 0.3) is 25.9 Å². The third-order valence-corrected chi connectivity index (χ3v) is 8.05. The van der Waals surface area contributed by atoms with Crippen LogP contribution in [0.1, 0.15) is 38.3 Å². The van der Waals surface area contributed by atoms with Gasteiger partial charge in [-0.05, 0) is 38.2 Å². The molecule has 0 spiro atoms. The lowest BCUT2D eigenvalue weighted by molar-refractivity contribution is 0.354. The maximum Gasteiger partial charge on any atom is 0.188 e. The number of allylic oxidation sites excluding steroid dienone is 1. The summed E-state index contributed by atoms with van der Waals surface area (Å²) in [4.78, 5) is 23.0. The molecule has 0 aromatic carbocycles. The van der Waals surface area contributed by atoms with Gasteiger partial charge in [0.2, 0.25) is 0 Å². The fourth-order valence-electron chi connectivity index (χ4n) is 4.25. The number of aromatic nitrogens is 4. The van der Waals surface area contributed by atoms with E-state index in [4.69, 9.17) is 9.97 Å². The van der Waals surface area contributed by atoms with E-state index in [9.17, 15) is 0 Å². The second kappa shape index (κ2) is 8.01. The zero-order chi connectivity index (χ0) is 20.7. The molecule has 5 rings (SSSR count). The van der Waals surface area contributed by atoms with Gasteiger partial charge in [0.15, 0.2) is 14.8 Å². The van der Waals surface area contributed by atoms with Crippen LogP contribution >= 0.6 is 22.7 Å². The Morgan fingerprint density at radius 1 is 1.20 bits per heavy atom. The minimum atomic E-state index is 0.559. The van der Waals surface area contributed by atoms with E-state index in [1.807, 2.05) is 6.92 Å². The van der Waals surface area contributed by atoms with Crippen LogP contribution in [-0.4, -0.2) is 51.8 Å². The summed E-state index contributed by atoms with van der Waals surface area (Å²) in [7, 11) is 2.18. The second-order valence-corrected chi connectivity index (χ2v) is 9.83. The van der Waals surface area contributed by atoms with E-state index in [-0.39, 0.29) is 0 Å². The molecular weight excluding hydrogens is 416 g/mol. The number of thiazole rings is 2. The van der Waals surface area contributed by atoms with E-state index in [1.165, 1.54) is 25.7 Å². The highest BCUT2D eigenvalue weighted by atomic mass is 32.1. The van der Waals surface area contributed by atoms with Crippen molar-refractivity contribution in [3.63, 3.8) is 0 Å². The molecule has 0 radical (unpaired) electrons. The quantitative estimate of drug-likeness (QED) is 0.448. The van der Waals surface area contributed by atoms with Gasteiger partial charge in [-0.1, -0.05) is 22.7 Å². The Kier molecular flexibility index (Phi) is 5.21. The Morgan fingerprint density at radius 3 is 2.63 bits per heavy atom. The number of fused-ring (bicyclic) bond motifs is 3. The van der Waals surface area contributed by atoms with Gasteiger partial charge in [-0.15, -0.1) is 0 Å². The Hall–Kier alpha value is -2.43. The van der Waals surface area contributed by atoms with Crippen LogP contribution in [0, 0.1) is 0 Å². The number of piperidine rings is 1. The van der Waals surface area contributed by atoms with Crippen molar-refractivity contribution in [3.8, 4) is 10.7 Å². The number of nitrogens with one attached hydrogen (secondary N) is 2. The highest BCUT2D eigenvalue weighted by molar-refractivity contribution is 7.29. The molecule has 8 nitrogen and oxygen atoms in total. The van der Waals surface area contributed by atoms with Crippen LogP contribution in [0.5, 0.6) is 0 Å². The van der Waals surface area contributed by atoms with E-state index in [1.54, 1.807) is 41.3 Å². The summed E-state index contributed by atoms with van der Waals surface area (Å²) in [5, 5.41) is 9.23. The van der Waals surface area contributed by atoms with Gasteiger partial charge in [-0.2, -0.15) is 5.10 Å². The van der Waals surface area contributed by atoms with Crippen molar-refractivity contribution in [1.82, 2.24) is 30.7 Å². The fourth-order valence-corrected chi connectivity index (χ4v) is 6.28. The van der Waals surface area contributed by atoms with Crippen LogP contribution in [0.15, 0.2) is 23.7 Å². The van der Waals surface area contributed by atoms with Crippen molar-refractivity contribution >= 4 is 49.8 Å². The number of anilines is 1. The van der Waals surface area contributed by atoms with Crippen molar-refractivity contribution in [1.29, 1.82) is 0 Å². The molecule has 3 aromatic rings. The molecule has 2 aliphatic rings. The van der Waals surface area contributed by atoms with Crippen molar-refractivity contribution in [3.05, 3.63) is 24.3 Å². The molecule has 0 unspecified atom stereocenters. The first-order chi connectivity index (χ1) is 14.6. The van der Waals surface area contributed by atoms with Crippen LogP contribution in [0.2, 0.25) is 0 Å². The first-order valence-corrected chi connectivity index (χ1v) is 11.7. The zero-order valence-corrected chi connectivity index (χ0v) is 18.6. The van der Waals surface area contributed by atoms with Crippen molar-refractivity contribution in [2.45, 2.75) is 50.7 Å². The Bertz CT molecular complexity index is 1040. The first kappa shape index (κ1) is 19.5. The van der Waals surface area contributed by atoms with Gasteiger partial charge in [-0.25, -0.2) is 15.0 Å². The molecule has 0 amide bonds. The van der Waals surface area contributed by atoms with Gasteiger partial charge in [0.05, 0.1) is 18.1 Å². The minimum Gasteiger partial charge on any atom is -0.348 e. The normalized spacial score (nSPS) is 23.7. The highest BCUT2D eigenvalue weighted by Crippen LogP contribution is 2.38. The van der Waals surface area contributed by atoms with E-state index in [0.717, 1.165) is 36.8 Å². The Labute approximate surface area is 183 Å². The first-order valence-electron chi connectivity index (χ1n) is 10.1. The minimum absolute atomic E-state index is 0.559. The molecule has 3 aromatic heterocycles. The van der Waals surface area contributed by atoms with Gasteiger partial charge in [0, 0.05) is 38.1 Å². The second-order valence-electron chi connectivity index (χ2n) is 7.90. The number of rotatable bonds is 6. The average molecular weight is 441 g/mol. The molecule has 156 valence electrons. The third kappa shape index (κ3) is 3.70.